The van der Waals surface area contributed by atoms with Crippen LogP contribution in [0.25, 0.3) is 0 Å². The molecule has 4 nitrogen and oxygen atoms in total. The molecule has 0 aliphatic carbocycles. The average molecular weight is 216 g/mol. The number of hydrogen-bond acceptors (Lipinski definition) is 4. The Labute approximate surface area is 94.6 Å². The molecule has 0 bridgehead atoms. The van der Waals surface area contributed by atoms with Crippen molar-refractivity contribution in [3.8, 4) is 24.0 Å². The predicted octanol–water partition coefficient (Wildman–Crippen LogP) is 2.70. The quantitative estimate of drug-likeness (QED) is 0.713. The highest BCUT2D eigenvalue weighted by Gasteiger charge is 2.24. The van der Waals surface area contributed by atoms with Crippen molar-refractivity contribution in [1.82, 2.24) is 0 Å². The van der Waals surface area contributed by atoms with Gasteiger partial charge < -0.3 is 9.47 Å². The van der Waals surface area contributed by atoms with Gasteiger partial charge in [-0.15, -0.1) is 10.5 Å². The molecule has 0 aromatic heterocycles. The first-order valence-electron chi connectivity index (χ1n) is 4.76. The van der Waals surface area contributed by atoms with Gasteiger partial charge in [0.1, 0.15) is 11.5 Å². The number of nitriles is 2. The number of rotatable bonds is 2. The molecule has 0 heterocycles. The van der Waals surface area contributed by atoms with Gasteiger partial charge in [0, 0.05) is 5.56 Å². The monoisotopic (exact) mass is 216 g/mol. The highest BCUT2D eigenvalue weighted by molar-refractivity contribution is 5.49. The Bertz CT molecular complexity index is 427. The molecule has 4 heteroatoms. The van der Waals surface area contributed by atoms with E-state index in [4.69, 9.17) is 20.0 Å². The third-order valence-corrected chi connectivity index (χ3v) is 2.05. The van der Waals surface area contributed by atoms with Crippen LogP contribution >= 0.6 is 0 Å². The minimum Gasteiger partial charge on any atom is -0.388 e. The van der Waals surface area contributed by atoms with Crippen LogP contribution in [0.5, 0.6) is 11.5 Å². The fourth-order valence-electron chi connectivity index (χ4n) is 1.52. The SMILES string of the molecule is CC(C)(C)c1c(OC#N)cccc1OC#N. The third kappa shape index (κ3) is 2.43. The van der Waals surface area contributed by atoms with Gasteiger partial charge in [0.15, 0.2) is 0 Å². The van der Waals surface area contributed by atoms with E-state index < -0.39 is 0 Å². The van der Waals surface area contributed by atoms with Crippen molar-refractivity contribution in [2.24, 2.45) is 0 Å². The molecule has 0 saturated heterocycles. The zero-order valence-electron chi connectivity index (χ0n) is 9.44. The Hall–Kier alpha value is -2.20. The van der Waals surface area contributed by atoms with Crippen molar-refractivity contribution < 1.29 is 9.47 Å². The molecular formula is C12H12N2O2. The first-order valence-corrected chi connectivity index (χ1v) is 4.76. The standard InChI is InChI=1S/C12H12N2O2/c1-12(2,3)11-9(15-7-13)5-4-6-10(11)16-8-14/h4-6H,1-3H3. The van der Waals surface area contributed by atoms with Gasteiger partial charge in [-0.3, -0.25) is 0 Å². The Balaban J connectivity index is 3.37. The lowest BCUT2D eigenvalue weighted by atomic mass is 9.85. The first kappa shape index (κ1) is 11.9. The molecule has 1 rings (SSSR count). The Morgan fingerprint density at radius 1 is 1.00 bits per heavy atom. The van der Waals surface area contributed by atoms with Crippen LogP contribution in [0.1, 0.15) is 26.3 Å². The van der Waals surface area contributed by atoms with E-state index in [2.05, 4.69) is 0 Å². The van der Waals surface area contributed by atoms with E-state index >= 15 is 0 Å². The van der Waals surface area contributed by atoms with Crippen LogP contribution in [0, 0.1) is 23.0 Å². The van der Waals surface area contributed by atoms with Crippen molar-refractivity contribution in [3.63, 3.8) is 0 Å². The van der Waals surface area contributed by atoms with Crippen LogP contribution in [-0.2, 0) is 5.41 Å². The van der Waals surface area contributed by atoms with Gasteiger partial charge in [-0.1, -0.05) is 26.8 Å². The molecule has 82 valence electrons. The minimum absolute atomic E-state index is 0.278. The van der Waals surface area contributed by atoms with Crippen molar-refractivity contribution >= 4 is 0 Å². The van der Waals surface area contributed by atoms with E-state index in [1.54, 1.807) is 30.7 Å². The molecule has 1 aromatic carbocycles. The zero-order chi connectivity index (χ0) is 12.2. The Kier molecular flexibility index (Phi) is 3.37. The Morgan fingerprint density at radius 3 is 1.75 bits per heavy atom. The molecule has 0 fully saturated rings. The molecule has 0 aliphatic rings. The maximum Gasteiger partial charge on any atom is 0.292 e. The zero-order valence-corrected chi connectivity index (χ0v) is 9.44. The topological polar surface area (TPSA) is 66.0 Å². The summed E-state index contributed by atoms with van der Waals surface area (Å²) in [6.07, 6.45) is 3.25. The largest absolute Gasteiger partial charge is 0.388 e. The Morgan fingerprint density at radius 2 is 1.44 bits per heavy atom. The van der Waals surface area contributed by atoms with Crippen LogP contribution in [0.2, 0.25) is 0 Å². The summed E-state index contributed by atoms with van der Waals surface area (Å²) in [5.41, 5.74) is 0.428. The average Bonchev–Trinajstić information content (AvgIpc) is 2.17. The summed E-state index contributed by atoms with van der Waals surface area (Å²) in [6.45, 7) is 5.87. The van der Waals surface area contributed by atoms with Gasteiger partial charge >= 0.3 is 0 Å². The van der Waals surface area contributed by atoms with Crippen LogP contribution in [-0.4, -0.2) is 0 Å². The smallest absolute Gasteiger partial charge is 0.292 e. The minimum atomic E-state index is -0.278. The molecule has 1 aromatic rings. The van der Waals surface area contributed by atoms with E-state index in [9.17, 15) is 0 Å². The normalized spacial score (nSPS) is 10.1. The number of hydrogen-bond donors (Lipinski definition) is 0. The number of ether oxygens (including phenoxy) is 2. The highest BCUT2D eigenvalue weighted by atomic mass is 16.5. The maximum atomic E-state index is 8.55. The van der Waals surface area contributed by atoms with E-state index in [1.807, 2.05) is 20.8 Å². The van der Waals surface area contributed by atoms with Gasteiger partial charge in [0.05, 0.1) is 0 Å². The highest BCUT2D eigenvalue weighted by Crippen LogP contribution is 2.38. The van der Waals surface area contributed by atoms with E-state index in [0.29, 0.717) is 17.1 Å². The molecular weight excluding hydrogens is 204 g/mol. The number of benzene rings is 1. The molecule has 0 amide bonds. The van der Waals surface area contributed by atoms with Gasteiger partial charge in [0.25, 0.3) is 12.5 Å². The van der Waals surface area contributed by atoms with Crippen LogP contribution < -0.4 is 9.47 Å². The molecule has 0 atom stereocenters. The summed E-state index contributed by atoms with van der Waals surface area (Å²) in [5, 5.41) is 17.1. The van der Waals surface area contributed by atoms with Crippen molar-refractivity contribution in [2.45, 2.75) is 26.2 Å². The van der Waals surface area contributed by atoms with E-state index in [0.717, 1.165) is 0 Å². The molecule has 0 saturated carbocycles. The van der Waals surface area contributed by atoms with Crippen molar-refractivity contribution in [1.29, 1.82) is 10.5 Å². The second-order valence-electron chi connectivity index (χ2n) is 4.27. The summed E-state index contributed by atoms with van der Waals surface area (Å²) in [6, 6.07) is 5.02. The molecule has 0 aliphatic heterocycles. The molecule has 16 heavy (non-hydrogen) atoms. The predicted molar refractivity (Wildman–Crippen MR) is 57.6 cm³/mol. The summed E-state index contributed by atoms with van der Waals surface area (Å²) < 4.78 is 9.73. The fraction of sp³-hybridized carbons (Fsp3) is 0.333. The lowest BCUT2D eigenvalue weighted by molar-refractivity contribution is 0.439. The first-order chi connectivity index (χ1) is 7.50. The summed E-state index contributed by atoms with van der Waals surface area (Å²) >= 11 is 0. The van der Waals surface area contributed by atoms with Crippen molar-refractivity contribution in [2.75, 3.05) is 0 Å². The molecule has 0 radical (unpaired) electrons. The fourth-order valence-corrected chi connectivity index (χ4v) is 1.52. The summed E-state index contributed by atoms with van der Waals surface area (Å²) in [5.74, 6) is 0.838. The second-order valence-corrected chi connectivity index (χ2v) is 4.27. The summed E-state index contributed by atoms with van der Waals surface area (Å²) in [4.78, 5) is 0. The molecule has 0 spiro atoms. The summed E-state index contributed by atoms with van der Waals surface area (Å²) in [7, 11) is 0. The van der Waals surface area contributed by atoms with E-state index in [-0.39, 0.29) is 5.41 Å². The van der Waals surface area contributed by atoms with Gasteiger partial charge in [-0.25, -0.2) is 0 Å². The van der Waals surface area contributed by atoms with Crippen LogP contribution in [0.3, 0.4) is 0 Å². The molecule has 0 unspecified atom stereocenters. The molecule has 0 N–H and O–H groups in total. The third-order valence-electron chi connectivity index (χ3n) is 2.05. The van der Waals surface area contributed by atoms with Gasteiger partial charge in [0.2, 0.25) is 0 Å². The number of nitrogens with zero attached hydrogens (tertiary/aromatic N) is 2. The van der Waals surface area contributed by atoms with Crippen LogP contribution in [0.4, 0.5) is 0 Å². The van der Waals surface area contributed by atoms with Crippen molar-refractivity contribution in [3.05, 3.63) is 23.8 Å². The second kappa shape index (κ2) is 4.55. The van der Waals surface area contributed by atoms with Gasteiger partial charge in [-0.05, 0) is 17.5 Å². The maximum absolute atomic E-state index is 8.55. The lowest BCUT2D eigenvalue weighted by Gasteiger charge is -2.22. The lowest BCUT2D eigenvalue weighted by Crippen LogP contribution is -2.14. The van der Waals surface area contributed by atoms with Gasteiger partial charge in [-0.2, -0.15) is 0 Å². The van der Waals surface area contributed by atoms with E-state index in [1.165, 1.54) is 0 Å². The van der Waals surface area contributed by atoms with Crippen LogP contribution in [0.15, 0.2) is 18.2 Å².